The summed E-state index contributed by atoms with van der Waals surface area (Å²) in [5, 5.41) is 0. The highest BCUT2D eigenvalue weighted by Gasteiger charge is 2.53. The molecule has 3 heteroatoms. The molecule has 4 aliphatic rings. The Labute approximate surface area is 464 Å². The summed E-state index contributed by atoms with van der Waals surface area (Å²) < 4.78 is 13.9. The molecule has 2 aliphatic carbocycles. The molecule has 0 atom stereocenters. The van der Waals surface area contributed by atoms with Crippen molar-refractivity contribution in [3.8, 4) is 67.5 Å². The standard InChI is InChI=1S/C76H59NO2/c1-73(2,3)50-37-42-71-65(45-50)76(66-46-51(74(4,5)6)38-43-72(66)79-71)60-29-15-11-27-56(60)58-41-39-52(47-64(58)76)77(67-32-18-12-24-53(67)48-22-8-7-9-23-48)68-33-19-13-25-54(68)49-36-40-57-55-26-10-14-28-59(55)75(63(57)44-49)61-30-16-20-34-69(61)78-70-35-21-17-31-62(70)75/h7-47H,1-6H3. The van der Waals surface area contributed by atoms with E-state index < -0.39 is 10.8 Å². The first-order valence-corrected chi connectivity index (χ1v) is 27.8. The van der Waals surface area contributed by atoms with Gasteiger partial charge in [0.25, 0.3) is 0 Å². The Hall–Kier alpha value is -9.18. The van der Waals surface area contributed by atoms with Crippen molar-refractivity contribution in [2.75, 3.05) is 4.90 Å². The quantitative estimate of drug-likeness (QED) is 0.171. The Balaban J connectivity index is 1.01. The average Bonchev–Trinajstić information content (AvgIpc) is 3.34. The maximum Gasteiger partial charge on any atom is 0.132 e. The lowest BCUT2D eigenvalue weighted by Crippen LogP contribution is -2.33. The van der Waals surface area contributed by atoms with Crippen LogP contribution in [0.25, 0.3) is 44.5 Å². The molecular weight excluding hydrogens is 959 g/mol. The van der Waals surface area contributed by atoms with Crippen LogP contribution in [0.1, 0.15) is 97.2 Å². The van der Waals surface area contributed by atoms with Gasteiger partial charge in [-0.2, -0.15) is 0 Å². The summed E-state index contributed by atoms with van der Waals surface area (Å²) >= 11 is 0. The first-order valence-electron chi connectivity index (χ1n) is 27.8. The predicted molar refractivity (Wildman–Crippen MR) is 324 cm³/mol. The fourth-order valence-electron chi connectivity index (χ4n) is 13.9. The summed E-state index contributed by atoms with van der Waals surface area (Å²) in [7, 11) is 0. The normalized spacial score (nSPS) is 14.4. The van der Waals surface area contributed by atoms with E-state index in [1.54, 1.807) is 0 Å². The van der Waals surface area contributed by atoms with Crippen molar-refractivity contribution in [1.29, 1.82) is 0 Å². The monoisotopic (exact) mass is 1020 g/mol. The van der Waals surface area contributed by atoms with Gasteiger partial charge in [-0.3, -0.25) is 0 Å². The summed E-state index contributed by atoms with van der Waals surface area (Å²) in [5.74, 6) is 3.54. The zero-order valence-corrected chi connectivity index (χ0v) is 45.4. The SMILES string of the molecule is CC(C)(C)c1ccc2c(c1)C1(c3cc(C(C)(C)C)ccc3O2)c2ccccc2-c2ccc(N(c3ccccc3-c3ccccc3)c3ccccc3-c3ccc4c(c3)C3(c5ccccc5Oc5ccccc53)c3ccccc3-4)cc21. The summed E-state index contributed by atoms with van der Waals surface area (Å²) in [4.78, 5) is 2.53. The van der Waals surface area contributed by atoms with E-state index in [0.717, 1.165) is 73.4 Å². The molecule has 0 N–H and O–H groups in total. The number of para-hydroxylation sites is 4. The van der Waals surface area contributed by atoms with Crippen LogP contribution in [0.2, 0.25) is 0 Å². The van der Waals surface area contributed by atoms with Gasteiger partial charge in [-0.25, -0.2) is 0 Å². The van der Waals surface area contributed by atoms with E-state index in [2.05, 4.69) is 295 Å². The van der Waals surface area contributed by atoms with Gasteiger partial charge in [0.2, 0.25) is 0 Å². The Kier molecular flexibility index (Phi) is 10.2. The van der Waals surface area contributed by atoms with Crippen LogP contribution < -0.4 is 14.4 Å². The molecule has 0 aromatic heterocycles. The van der Waals surface area contributed by atoms with E-state index in [1.165, 1.54) is 66.8 Å². The van der Waals surface area contributed by atoms with Gasteiger partial charge in [-0.1, -0.05) is 224 Å². The molecule has 0 fully saturated rings. The van der Waals surface area contributed by atoms with Crippen LogP contribution in [0.15, 0.2) is 249 Å². The lowest BCUT2D eigenvalue weighted by atomic mass is 9.64. The molecule has 15 rings (SSSR count). The van der Waals surface area contributed by atoms with Crippen molar-refractivity contribution in [3.05, 3.63) is 304 Å². The summed E-state index contributed by atoms with van der Waals surface area (Å²) in [6.07, 6.45) is 0. The van der Waals surface area contributed by atoms with E-state index in [1.807, 2.05) is 0 Å². The third-order valence-corrected chi connectivity index (χ3v) is 17.5. The van der Waals surface area contributed by atoms with E-state index in [9.17, 15) is 0 Å². The number of rotatable bonds is 5. The zero-order valence-electron chi connectivity index (χ0n) is 45.4. The Morgan fingerprint density at radius 3 is 1.20 bits per heavy atom. The second-order valence-corrected chi connectivity index (χ2v) is 23.9. The number of nitrogens with zero attached hydrogens (tertiary/aromatic N) is 1. The molecule has 0 amide bonds. The minimum atomic E-state index is -0.711. The lowest BCUT2D eigenvalue weighted by molar-refractivity contribution is 0.433. The molecule has 11 aromatic carbocycles. The molecule has 79 heavy (non-hydrogen) atoms. The second kappa shape index (κ2) is 17.2. The van der Waals surface area contributed by atoms with Gasteiger partial charge in [0.1, 0.15) is 23.0 Å². The van der Waals surface area contributed by atoms with Gasteiger partial charge < -0.3 is 14.4 Å². The van der Waals surface area contributed by atoms with Crippen molar-refractivity contribution < 1.29 is 9.47 Å². The first kappa shape index (κ1) is 47.1. The molecule has 0 saturated carbocycles. The molecule has 380 valence electrons. The fourth-order valence-corrected chi connectivity index (χ4v) is 13.9. The minimum Gasteiger partial charge on any atom is -0.457 e. The van der Waals surface area contributed by atoms with Gasteiger partial charge >= 0.3 is 0 Å². The van der Waals surface area contributed by atoms with E-state index >= 15 is 0 Å². The first-order chi connectivity index (χ1) is 38.4. The molecule has 3 nitrogen and oxygen atoms in total. The molecular formula is C76H59NO2. The molecule has 11 aromatic rings. The summed E-state index contributed by atoms with van der Waals surface area (Å²) in [6, 6.07) is 92.5. The van der Waals surface area contributed by atoms with Crippen LogP contribution in [0.4, 0.5) is 17.1 Å². The number of hydrogen-bond acceptors (Lipinski definition) is 3. The highest BCUT2D eigenvalue weighted by Crippen LogP contribution is 2.65. The molecule has 2 heterocycles. The number of anilines is 3. The summed E-state index contributed by atoms with van der Waals surface area (Å²) in [6.45, 7) is 13.9. The third-order valence-electron chi connectivity index (χ3n) is 17.5. The van der Waals surface area contributed by atoms with Crippen molar-refractivity contribution >= 4 is 17.1 Å². The fraction of sp³-hybridized carbons (Fsp3) is 0.132. The topological polar surface area (TPSA) is 21.7 Å². The van der Waals surface area contributed by atoms with Gasteiger partial charge in [0.15, 0.2) is 0 Å². The van der Waals surface area contributed by atoms with Crippen LogP contribution in [0.3, 0.4) is 0 Å². The third kappa shape index (κ3) is 6.78. The maximum atomic E-state index is 7.09. The van der Waals surface area contributed by atoms with Crippen LogP contribution in [0, 0.1) is 0 Å². The van der Waals surface area contributed by atoms with Crippen molar-refractivity contribution in [2.45, 2.75) is 63.2 Å². The van der Waals surface area contributed by atoms with Gasteiger partial charge in [0.05, 0.1) is 22.2 Å². The lowest BCUT2D eigenvalue weighted by Gasteiger charge is -2.41. The van der Waals surface area contributed by atoms with Crippen molar-refractivity contribution in [1.82, 2.24) is 0 Å². The second-order valence-electron chi connectivity index (χ2n) is 23.9. The molecule has 0 radical (unpaired) electrons. The number of fused-ring (bicyclic) bond motifs is 18. The van der Waals surface area contributed by atoms with E-state index in [-0.39, 0.29) is 10.8 Å². The highest BCUT2D eigenvalue weighted by molar-refractivity contribution is 5.98. The van der Waals surface area contributed by atoms with Crippen LogP contribution in [-0.4, -0.2) is 0 Å². The number of benzene rings is 11. The van der Waals surface area contributed by atoms with Gasteiger partial charge in [-0.05, 0) is 144 Å². The Morgan fingerprint density at radius 2 is 0.671 bits per heavy atom. The highest BCUT2D eigenvalue weighted by atomic mass is 16.5. The molecule has 0 bridgehead atoms. The number of hydrogen-bond donors (Lipinski definition) is 0. The molecule has 2 aliphatic heterocycles. The van der Waals surface area contributed by atoms with Gasteiger partial charge in [0, 0.05) is 39.1 Å². The van der Waals surface area contributed by atoms with Gasteiger partial charge in [-0.15, -0.1) is 0 Å². The molecule has 0 saturated heterocycles. The Morgan fingerprint density at radius 1 is 0.278 bits per heavy atom. The predicted octanol–water partition coefficient (Wildman–Crippen LogP) is 20.0. The van der Waals surface area contributed by atoms with Crippen LogP contribution >= 0.6 is 0 Å². The molecule has 0 unspecified atom stereocenters. The van der Waals surface area contributed by atoms with Crippen LogP contribution in [0.5, 0.6) is 23.0 Å². The Bertz CT molecular complexity index is 4190. The molecule has 2 spiro atoms. The van der Waals surface area contributed by atoms with E-state index in [0.29, 0.717) is 0 Å². The van der Waals surface area contributed by atoms with Crippen molar-refractivity contribution in [2.24, 2.45) is 0 Å². The average molecular weight is 1020 g/mol. The minimum absolute atomic E-state index is 0.105. The smallest absolute Gasteiger partial charge is 0.132 e. The number of ether oxygens (including phenoxy) is 2. The largest absolute Gasteiger partial charge is 0.457 e. The van der Waals surface area contributed by atoms with Crippen LogP contribution in [-0.2, 0) is 21.7 Å². The zero-order chi connectivity index (χ0) is 53.4. The van der Waals surface area contributed by atoms with Crippen molar-refractivity contribution in [3.63, 3.8) is 0 Å². The summed E-state index contributed by atoms with van der Waals surface area (Å²) in [5.41, 5.74) is 23.4. The van der Waals surface area contributed by atoms with E-state index in [4.69, 9.17) is 9.47 Å². The maximum absolute atomic E-state index is 7.09.